The zero-order valence-corrected chi connectivity index (χ0v) is 15.8. The fourth-order valence-electron chi connectivity index (χ4n) is 3.02. The number of rotatable bonds is 6. The van der Waals surface area contributed by atoms with Gasteiger partial charge in [0.05, 0.1) is 18.9 Å². The van der Waals surface area contributed by atoms with Gasteiger partial charge in [0, 0.05) is 28.8 Å². The summed E-state index contributed by atoms with van der Waals surface area (Å²) in [6.45, 7) is 0.573. The molecule has 1 N–H and O–H groups in total. The molecule has 0 aliphatic carbocycles. The van der Waals surface area contributed by atoms with E-state index >= 15 is 0 Å². The summed E-state index contributed by atoms with van der Waals surface area (Å²) >= 11 is 0. The summed E-state index contributed by atoms with van der Waals surface area (Å²) in [7, 11) is 1.63. The number of carboxylic acid groups (broad SMARTS) is 1. The van der Waals surface area contributed by atoms with Crippen LogP contribution >= 0.6 is 0 Å². The van der Waals surface area contributed by atoms with Gasteiger partial charge in [-0.15, -0.1) is 0 Å². The van der Waals surface area contributed by atoms with Gasteiger partial charge >= 0.3 is 5.97 Å². The minimum absolute atomic E-state index is 0.283. The van der Waals surface area contributed by atoms with Crippen LogP contribution in [-0.2, 0) is 6.54 Å². The second-order valence-corrected chi connectivity index (χ2v) is 6.52. The summed E-state index contributed by atoms with van der Waals surface area (Å²) in [5.41, 5.74) is 2.99. The minimum atomic E-state index is -0.927. The lowest BCUT2D eigenvalue weighted by Crippen LogP contribution is -2.33. The van der Waals surface area contributed by atoms with E-state index in [1.54, 1.807) is 31.5 Å². The molecule has 6 heteroatoms. The third kappa shape index (κ3) is 4.16. The van der Waals surface area contributed by atoms with Crippen LogP contribution in [-0.4, -0.2) is 23.2 Å². The Morgan fingerprint density at radius 3 is 2.52 bits per heavy atom. The summed E-state index contributed by atoms with van der Waals surface area (Å²) in [4.78, 5) is 15.5. The highest BCUT2D eigenvalue weighted by molar-refractivity contribution is 5.87. The number of aromatic nitrogens is 2. The Bertz CT molecular complexity index is 1130. The van der Waals surface area contributed by atoms with E-state index in [9.17, 15) is 4.79 Å². The van der Waals surface area contributed by atoms with Crippen molar-refractivity contribution in [2.45, 2.75) is 6.54 Å². The SMILES string of the molecule is COc1ccc(-c2cnc(-c3cc[n+](Cc4cccc(C(=O)O)c4)cc3)o2)cc1. The van der Waals surface area contributed by atoms with Crippen molar-refractivity contribution in [2.24, 2.45) is 0 Å². The minimum Gasteiger partial charge on any atom is -0.497 e. The van der Waals surface area contributed by atoms with Crippen molar-refractivity contribution in [1.82, 2.24) is 4.98 Å². The molecular formula is C23H19N2O4+. The highest BCUT2D eigenvalue weighted by Gasteiger charge is 2.12. The molecule has 6 nitrogen and oxygen atoms in total. The first-order valence-corrected chi connectivity index (χ1v) is 9.04. The Morgan fingerprint density at radius 1 is 1.07 bits per heavy atom. The third-order valence-corrected chi connectivity index (χ3v) is 4.56. The summed E-state index contributed by atoms with van der Waals surface area (Å²) < 4.78 is 13.0. The molecule has 0 amide bonds. The molecule has 0 unspecified atom stereocenters. The van der Waals surface area contributed by atoms with Gasteiger partial charge in [-0.2, -0.15) is 0 Å². The molecule has 144 valence electrons. The number of pyridine rings is 1. The van der Waals surface area contributed by atoms with E-state index in [4.69, 9.17) is 14.3 Å². The van der Waals surface area contributed by atoms with Crippen LogP contribution in [0.3, 0.4) is 0 Å². The monoisotopic (exact) mass is 387 g/mol. The number of carboxylic acids is 1. The Balaban J connectivity index is 1.50. The summed E-state index contributed by atoms with van der Waals surface area (Å²) in [5, 5.41) is 9.12. The largest absolute Gasteiger partial charge is 0.497 e. The molecule has 29 heavy (non-hydrogen) atoms. The predicted octanol–water partition coefficient (Wildman–Crippen LogP) is 4.05. The maximum Gasteiger partial charge on any atom is 0.335 e. The van der Waals surface area contributed by atoms with E-state index < -0.39 is 5.97 Å². The molecule has 2 aromatic carbocycles. The maximum atomic E-state index is 11.1. The smallest absolute Gasteiger partial charge is 0.335 e. The zero-order chi connectivity index (χ0) is 20.2. The molecule has 0 atom stereocenters. The lowest BCUT2D eigenvalue weighted by Gasteiger charge is -2.01. The molecule has 0 aliphatic rings. The number of benzene rings is 2. The average Bonchev–Trinajstić information content (AvgIpc) is 3.25. The lowest BCUT2D eigenvalue weighted by atomic mass is 10.1. The van der Waals surface area contributed by atoms with Gasteiger partial charge in [0.15, 0.2) is 24.7 Å². The normalized spacial score (nSPS) is 10.7. The highest BCUT2D eigenvalue weighted by atomic mass is 16.5. The van der Waals surface area contributed by atoms with Gasteiger partial charge in [0.1, 0.15) is 5.75 Å². The van der Waals surface area contributed by atoms with Crippen LogP contribution in [0.2, 0.25) is 0 Å². The number of aromatic carboxylic acids is 1. The van der Waals surface area contributed by atoms with E-state index in [0.717, 1.165) is 22.4 Å². The van der Waals surface area contributed by atoms with Gasteiger partial charge in [0.2, 0.25) is 5.89 Å². The first-order chi connectivity index (χ1) is 14.1. The molecule has 4 rings (SSSR count). The van der Waals surface area contributed by atoms with Crippen molar-refractivity contribution < 1.29 is 23.6 Å². The van der Waals surface area contributed by atoms with Crippen LogP contribution in [0.25, 0.3) is 22.8 Å². The molecule has 0 aliphatic heterocycles. The number of carbonyl (C=O) groups is 1. The number of hydrogen-bond acceptors (Lipinski definition) is 4. The molecule has 2 heterocycles. The van der Waals surface area contributed by atoms with Gasteiger partial charge in [-0.25, -0.2) is 14.3 Å². The standard InChI is InChI=1S/C23H18N2O4/c1-28-20-7-5-17(6-8-20)21-14-24-22(29-21)18-9-11-25(12-10-18)15-16-3-2-4-19(13-16)23(26)27/h2-14H,15H2,1H3/p+1. The Morgan fingerprint density at radius 2 is 1.83 bits per heavy atom. The molecule has 0 fully saturated rings. The number of methoxy groups -OCH3 is 1. The number of nitrogens with zero attached hydrogens (tertiary/aromatic N) is 2. The van der Waals surface area contributed by atoms with E-state index in [2.05, 4.69) is 4.98 Å². The average molecular weight is 387 g/mol. The molecule has 0 bridgehead atoms. The fraction of sp³-hybridized carbons (Fsp3) is 0.0870. The summed E-state index contributed by atoms with van der Waals surface area (Å²) in [5.74, 6) is 1.08. The van der Waals surface area contributed by atoms with Crippen LogP contribution < -0.4 is 9.30 Å². The van der Waals surface area contributed by atoms with E-state index in [-0.39, 0.29) is 5.56 Å². The van der Waals surface area contributed by atoms with Crippen molar-refractivity contribution in [3.8, 4) is 28.5 Å². The Labute approximate surface area is 167 Å². The number of hydrogen-bond donors (Lipinski definition) is 1. The second kappa shape index (κ2) is 7.98. The summed E-state index contributed by atoms with van der Waals surface area (Å²) in [6.07, 6.45) is 5.54. The van der Waals surface area contributed by atoms with Gasteiger partial charge in [0.25, 0.3) is 0 Å². The van der Waals surface area contributed by atoms with Crippen LogP contribution in [0.1, 0.15) is 15.9 Å². The van der Waals surface area contributed by atoms with E-state index in [1.807, 2.05) is 59.4 Å². The topological polar surface area (TPSA) is 76.4 Å². The number of ether oxygens (including phenoxy) is 1. The predicted molar refractivity (Wildman–Crippen MR) is 107 cm³/mol. The first-order valence-electron chi connectivity index (χ1n) is 9.04. The second-order valence-electron chi connectivity index (χ2n) is 6.52. The third-order valence-electron chi connectivity index (χ3n) is 4.56. The Kier molecular flexibility index (Phi) is 5.07. The molecule has 2 aromatic heterocycles. The fourth-order valence-corrected chi connectivity index (χ4v) is 3.02. The molecule has 4 aromatic rings. The highest BCUT2D eigenvalue weighted by Crippen LogP contribution is 2.26. The van der Waals surface area contributed by atoms with Gasteiger partial charge in [-0.1, -0.05) is 12.1 Å². The quantitative estimate of drug-likeness (QED) is 0.505. The van der Waals surface area contributed by atoms with Crippen LogP contribution in [0.5, 0.6) is 5.75 Å². The van der Waals surface area contributed by atoms with Crippen molar-refractivity contribution in [2.75, 3.05) is 7.11 Å². The van der Waals surface area contributed by atoms with Crippen LogP contribution in [0.4, 0.5) is 0 Å². The molecular weight excluding hydrogens is 368 g/mol. The van der Waals surface area contributed by atoms with Crippen molar-refractivity contribution >= 4 is 5.97 Å². The van der Waals surface area contributed by atoms with Gasteiger partial charge < -0.3 is 14.3 Å². The Hall–Kier alpha value is -3.93. The lowest BCUT2D eigenvalue weighted by molar-refractivity contribution is -0.688. The molecule has 0 spiro atoms. The van der Waals surface area contributed by atoms with Crippen LogP contribution in [0.15, 0.2) is 83.7 Å². The van der Waals surface area contributed by atoms with Gasteiger partial charge in [-0.3, -0.25) is 0 Å². The molecule has 0 radical (unpaired) electrons. The van der Waals surface area contributed by atoms with Crippen molar-refractivity contribution in [3.63, 3.8) is 0 Å². The summed E-state index contributed by atoms with van der Waals surface area (Å²) in [6, 6.07) is 18.4. The van der Waals surface area contributed by atoms with E-state index in [1.165, 1.54) is 0 Å². The van der Waals surface area contributed by atoms with Crippen molar-refractivity contribution in [3.05, 3.63) is 90.4 Å². The maximum absolute atomic E-state index is 11.1. The molecule has 0 saturated carbocycles. The first kappa shape index (κ1) is 18.4. The van der Waals surface area contributed by atoms with Crippen LogP contribution in [0, 0.1) is 0 Å². The molecule has 0 saturated heterocycles. The van der Waals surface area contributed by atoms with Crippen molar-refractivity contribution in [1.29, 1.82) is 0 Å². The van der Waals surface area contributed by atoms with E-state index in [0.29, 0.717) is 18.2 Å². The van der Waals surface area contributed by atoms with Gasteiger partial charge in [-0.05, 0) is 36.4 Å². The number of oxazole rings is 1. The zero-order valence-electron chi connectivity index (χ0n) is 15.8.